The highest BCUT2D eigenvalue weighted by molar-refractivity contribution is 8.00. The standard InChI is InChI=1S/C21H24N8O7S3/c1-3-36-27-11(10-5-37-19(23)24-10)14(30)25-12-15(31)29-6-21(18(34)35,7-38-16(12)29)8-39-20-26-13(22)9(17(32)33)4-28(20)2/h4-5,12,16,22H,3,6-8H2,1-2H3,(H5,23,24,25,30,32,33,34,35)/p+1/t12?,16-,21?/m1/s1. The molecular formula is C21H25N8O7S3+. The molecule has 0 bridgehead atoms. The number of anilines is 2. The topological polar surface area (TPSA) is 227 Å². The van der Waals surface area contributed by atoms with Crippen molar-refractivity contribution in [1.29, 1.82) is 0 Å². The number of carbonyl (C=O) groups is 4. The summed E-state index contributed by atoms with van der Waals surface area (Å²) in [6, 6.07) is -0.882. The minimum Gasteiger partial charge on any atom is -0.481 e. The van der Waals surface area contributed by atoms with E-state index >= 15 is 0 Å². The second-order valence-electron chi connectivity index (χ2n) is 8.66. The number of fused-ring (bicyclic) bond motifs is 1. The minimum atomic E-state index is -1.31. The predicted molar refractivity (Wildman–Crippen MR) is 142 cm³/mol. The Bertz CT molecular complexity index is 1370. The molecule has 7 N–H and O–H groups in total. The largest absolute Gasteiger partial charge is 0.481 e. The molecule has 2 amide bonds. The Morgan fingerprint density at radius 2 is 2.10 bits per heavy atom. The zero-order valence-electron chi connectivity index (χ0n) is 20.7. The highest BCUT2D eigenvalue weighted by Gasteiger charge is 2.57. The maximum Gasteiger partial charge on any atom is 0.361 e. The number of nitrogen functional groups attached to an aromatic ring is 2. The van der Waals surface area contributed by atoms with Crippen molar-refractivity contribution in [2.45, 2.75) is 23.5 Å². The van der Waals surface area contributed by atoms with E-state index in [1.807, 2.05) is 0 Å². The normalized spacial score (nSPS) is 22.6. The molecule has 3 atom stereocenters. The summed E-state index contributed by atoms with van der Waals surface area (Å²) in [5, 5.41) is 27.5. The first-order chi connectivity index (χ1) is 18.5. The molecule has 2 aliphatic rings. The van der Waals surface area contributed by atoms with Crippen molar-refractivity contribution < 1.29 is 38.8 Å². The van der Waals surface area contributed by atoms with Crippen LogP contribution in [0.4, 0.5) is 10.9 Å². The third-order valence-electron chi connectivity index (χ3n) is 5.97. The summed E-state index contributed by atoms with van der Waals surface area (Å²) in [4.78, 5) is 64.2. The molecule has 208 valence electrons. The van der Waals surface area contributed by atoms with Crippen LogP contribution in [0.2, 0.25) is 0 Å². The van der Waals surface area contributed by atoms with Gasteiger partial charge in [0.25, 0.3) is 11.7 Å². The summed E-state index contributed by atoms with van der Waals surface area (Å²) in [5.74, 6) is -3.39. The Hall–Kier alpha value is -3.64. The third kappa shape index (κ3) is 5.57. The van der Waals surface area contributed by atoms with Crippen LogP contribution in [0.15, 0.2) is 21.9 Å². The molecule has 0 saturated carbocycles. The summed E-state index contributed by atoms with van der Waals surface area (Å²) in [5.41, 5.74) is 10.0. The van der Waals surface area contributed by atoms with Crippen LogP contribution in [-0.2, 0) is 26.3 Å². The van der Waals surface area contributed by atoms with Crippen LogP contribution in [0, 0.1) is 5.41 Å². The molecule has 39 heavy (non-hydrogen) atoms. The van der Waals surface area contributed by atoms with Gasteiger partial charge in [0.1, 0.15) is 35.3 Å². The molecule has 18 heteroatoms. The second kappa shape index (κ2) is 11.2. The van der Waals surface area contributed by atoms with E-state index in [9.17, 15) is 29.4 Å². The zero-order valence-corrected chi connectivity index (χ0v) is 23.1. The summed E-state index contributed by atoms with van der Waals surface area (Å²) >= 11 is 3.46. The Balaban J connectivity index is 1.45. The lowest BCUT2D eigenvalue weighted by Crippen LogP contribution is -2.74. The van der Waals surface area contributed by atoms with Gasteiger partial charge in [-0.2, -0.15) is 0 Å². The van der Waals surface area contributed by atoms with Crippen LogP contribution in [-0.4, -0.2) is 90.6 Å². The van der Waals surface area contributed by atoms with Gasteiger partial charge in [-0.3, -0.25) is 14.4 Å². The number of β-lactam (4-membered cyclic amide) rings is 1. The molecule has 2 aromatic rings. The maximum absolute atomic E-state index is 13.0. The van der Waals surface area contributed by atoms with Crippen LogP contribution in [0.3, 0.4) is 0 Å². The van der Waals surface area contributed by atoms with Crippen molar-refractivity contribution in [2.24, 2.45) is 17.6 Å². The fourth-order valence-corrected chi connectivity index (χ4v) is 7.26. The summed E-state index contributed by atoms with van der Waals surface area (Å²) in [6.45, 7) is 1.83. The van der Waals surface area contributed by atoms with Crippen LogP contribution in [0.5, 0.6) is 0 Å². The number of carboxylic acids is 2. The molecule has 0 aliphatic carbocycles. The predicted octanol–water partition coefficient (Wildman–Crippen LogP) is -0.771. The number of hydrogen-bond acceptors (Lipinski definition) is 13. The Kier molecular flexibility index (Phi) is 8.17. The molecule has 0 spiro atoms. The molecule has 2 saturated heterocycles. The number of carboxylic acid groups (broad SMARTS) is 2. The van der Waals surface area contributed by atoms with E-state index in [0.717, 1.165) is 23.1 Å². The van der Waals surface area contributed by atoms with Gasteiger partial charge in [-0.05, 0) is 23.7 Å². The van der Waals surface area contributed by atoms with Gasteiger partial charge in [0.2, 0.25) is 5.91 Å². The second-order valence-corrected chi connectivity index (χ2v) is 11.6. The Labute approximate surface area is 234 Å². The number of amides is 2. The first-order valence-corrected chi connectivity index (χ1v) is 14.3. The number of nitrogens with zero attached hydrogens (tertiary/aromatic N) is 5. The SMILES string of the molecule is CCON=C(C(=O)NC1C(=O)N2CC(CSc3nc(N)c(C(=O)O)c[n+]3C)(C(=O)O)CS[C@H]12)c1csc(N)n1. The molecule has 2 aromatic heterocycles. The number of nitrogens with two attached hydrogens (primary N) is 2. The summed E-state index contributed by atoms with van der Waals surface area (Å²) in [7, 11) is 1.58. The lowest BCUT2D eigenvalue weighted by Gasteiger charge is -2.53. The smallest absolute Gasteiger partial charge is 0.361 e. The average molecular weight is 598 g/mol. The van der Waals surface area contributed by atoms with Gasteiger partial charge in [0.15, 0.2) is 16.4 Å². The van der Waals surface area contributed by atoms with E-state index < -0.39 is 40.6 Å². The number of rotatable bonds is 10. The molecule has 2 aliphatic heterocycles. The van der Waals surface area contributed by atoms with Gasteiger partial charge in [-0.1, -0.05) is 5.16 Å². The number of aromatic nitrogens is 3. The van der Waals surface area contributed by atoms with Gasteiger partial charge in [-0.15, -0.1) is 23.1 Å². The first-order valence-electron chi connectivity index (χ1n) is 11.4. The fraction of sp³-hybridized carbons (Fsp3) is 0.429. The van der Waals surface area contributed by atoms with Crippen molar-refractivity contribution in [1.82, 2.24) is 20.2 Å². The quantitative estimate of drug-likeness (QED) is 0.0567. The van der Waals surface area contributed by atoms with Crippen LogP contribution in [0.1, 0.15) is 23.0 Å². The molecule has 15 nitrogen and oxygen atoms in total. The molecule has 2 fully saturated rings. The monoisotopic (exact) mass is 597 g/mol. The summed E-state index contributed by atoms with van der Waals surface area (Å²) in [6.07, 6.45) is 1.31. The van der Waals surface area contributed by atoms with Gasteiger partial charge in [-0.25, -0.2) is 14.3 Å². The number of aliphatic carboxylic acids is 1. The van der Waals surface area contributed by atoms with Crippen LogP contribution >= 0.6 is 34.9 Å². The van der Waals surface area contributed by atoms with E-state index in [1.54, 1.807) is 19.4 Å². The van der Waals surface area contributed by atoms with Gasteiger partial charge in [0.05, 0.1) is 7.05 Å². The number of thiazole rings is 1. The van der Waals surface area contributed by atoms with Crippen molar-refractivity contribution in [3.8, 4) is 0 Å². The third-order valence-corrected chi connectivity index (χ3v) is 9.57. The van der Waals surface area contributed by atoms with Crippen molar-refractivity contribution >= 4 is 75.3 Å². The number of aryl methyl sites for hydroxylation is 1. The first kappa shape index (κ1) is 28.4. The summed E-state index contributed by atoms with van der Waals surface area (Å²) < 4.78 is 1.45. The number of carbonyl (C=O) groups excluding carboxylic acids is 2. The average Bonchev–Trinajstić information content (AvgIpc) is 3.32. The molecule has 0 aromatic carbocycles. The highest BCUT2D eigenvalue weighted by Crippen LogP contribution is 2.44. The minimum absolute atomic E-state index is 0.0476. The van der Waals surface area contributed by atoms with E-state index in [0.29, 0.717) is 5.16 Å². The van der Waals surface area contributed by atoms with Crippen molar-refractivity contribution in [3.63, 3.8) is 0 Å². The van der Waals surface area contributed by atoms with Crippen molar-refractivity contribution in [2.75, 3.05) is 36.1 Å². The lowest BCUT2D eigenvalue weighted by molar-refractivity contribution is -0.713. The molecule has 2 unspecified atom stereocenters. The number of thioether (sulfide) groups is 2. The van der Waals surface area contributed by atoms with E-state index in [2.05, 4.69) is 20.4 Å². The fourth-order valence-electron chi connectivity index (χ4n) is 3.90. The Morgan fingerprint density at radius 3 is 2.72 bits per heavy atom. The maximum atomic E-state index is 13.0. The number of oxime groups is 1. The van der Waals surface area contributed by atoms with E-state index in [-0.39, 0.29) is 52.6 Å². The van der Waals surface area contributed by atoms with Gasteiger partial charge < -0.3 is 36.7 Å². The van der Waals surface area contributed by atoms with Crippen LogP contribution < -0.4 is 21.4 Å². The lowest BCUT2D eigenvalue weighted by atomic mass is 9.89. The van der Waals surface area contributed by atoms with E-state index in [4.69, 9.17) is 16.3 Å². The van der Waals surface area contributed by atoms with E-state index in [1.165, 1.54) is 27.4 Å². The molecule has 4 heterocycles. The molecule has 4 rings (SSSR count). The number of hydrogen-bond donors (Lipinski definition) is 5. The number of nitrogens with one attached hydrogen (secondary N) is 1. The zero-order chi connectivity index (χ0) is 28.5. The van der Waals surface area contributed by atoms with Crippen molar-refractivity contribution in [3.05, 3.63) is 22.8 Å². The number of aromatic carboxylic acids is 1. The molecule has 0 radical (unpaired) electrons. The Morgan fingerprint density at radius 1 is 1.36 bits per heavy atom. The molecular weight excluding hydrogens is 572 g/mol. The highest BCUT2D eigenvalue weighted by atomic mass is 32.2. The van der Waals surface area contributed by atoms with Gasteiger partial charge in [0, 0.05) is 23.4 Å². The van der Waals surface area contributed by atoms with Crippen LogP contribution in [0.25, 0.3) is 0 Å². The van der Waals surface area contributed by atoms with Gasteiger partial charge >= 0.3 is 17.1 Å².